The molecule has 0 spiro atoms. The molecule has 1 aliphatic heterocycles. The molecule has 0 radical (unpaired) electrons. The fraction of sp³-hybridized carbons (Fsp3) is 0.961. The third-order valence-electron chi connectivity index (χ3n) is 19.3. The first-order chi connectivity index (χ1) is 43.2. The molecular formula is C77H151NO10. The zero-order valence-electron chi connectivity index (χ0n) is 58.3. The molecule has 0 aromatic carbocycles. The molecule has 88 heavy (non-hydrogen) atoms. The molecule has 1 amide bonds. The average molecular weight is 1250 g/mol. The van der Waals surface area contributed by atoms with Crippen molar-refractivity contribution in [3.8, 4) is 0 Å². The lowest BCUT2D eigenvalue weighted by Crippen LogP contribution is -2.60. The highest BCUT2D eigenvalue weighted by Crippen LogP contribution is 2.24. The van der Waals surface area contributed by atoms with Gasteiger partial charge in [-0.3, -0.25) is 4.79 Å². The molecule has 0 bridgehead atoms. The van der Waals surface area contributed by atoms with E-state index < -0.39 is 74.2 Å². The zero-order chi connectivity index (χ0) is 63.9. The summed E-state index contributed by atoms with van der Waals surface area (Å²) in [7, 11) is 0. The molecule has 1 fully saturated rings. The molecule has 1 heterocycles. The minimum absolute atomic E-state index is 0.265. The molecule has 9 atom stereocenters. The first-order valence-corrected chi connectivity index (χ1v) is 39.1. The van der Waals surface area contributed by atoms with Crippen molar-refractivity contribution >= 4 is 5.91 Å². The standard InChI is InChI=1S/C77H151NO10/c1-3-5-7-9-11-13-15-17-19-21-23-25-27-29-31-33-35-37-38-40-42-44-46-48-50-52-54-56-58-60-62-64-69(80)72(82)68(67-87-77-75(85)74(84)73(83)71(66-79)88-77)78-76(86)70(81)65-63-61-59-57-55-53-51-49-47-45-43-41-39-36-34-32-30-28-26-24-22-20-18-16-14-12-10-8-6-4-2/h30,32,68-75,77,79-85H,3-29,31,33-67H2,1-2H3,(H,78,86)/b32-30-. The summed E-state index contributed by atoms with van der Waals surface area (Å²) in [5.74, 6) is -0.688. The third-order valence-corrected chi connectivity index (χ3v) is 19.3. The molecular weight excluding hydrogens is 1100 g/mol. The average Bonchev–Trinajstić information content (AvgIpc) is 2.67. The highest BCUT2D eigenvalue weighted by Gasteiger charge is 2.44. The van der Waals surface area contributed by atoms with Crippen molar-refractivity contribution < 1.29 is 50.0 Å². The zero-order valence-corrected chi connectivity index (χ0v) is 58.3. The number of carbonyl (C=O) groups is 1. The normalized spacial score (nSPS) is 18.6. The summed E-state index contributed by atoms with van der Waals surface area (Å²) in [4.78, 5) is 13.3. The van der Waals surface area contributed by atoms with E-state index in [9.17, 15) is 40.5 Å². The van der Waals surface area contributed by atoms with Crippen LogP contribution in [0.5, 0.6) is 0 Å². The van der Waals surface area contributed by atoms with Crippen LogP contribution in [0, 0.1) is 0 Å². The van der Waals surface area contributed by atoms with Crippen molar-refractivity contribution in [2.24, 2.45) is 0 Å². The Kier molecular flexibility index (Phi) is 63.5. The lowest BCUT2D eigenvalue weighted by Gasteiger charge is -2.40. The second kappa shape index (κ2) is 65.9. The van der Waals surface area contributed by atoms with E-state index in [2.05, 4.69) is 31.3 Å². The summed E-state index contributed by atoms with van der Waals surface area (Å²) in [6.07, 6.45) is 71.7. The summed E-state index contributed by atoms with van der Waals surface area (Å²) in [6, 6.07) is -1.17. The van der Waals surface area contributed by atoms with Gasteiger partial charge in [0.2, 0.25) is 5.91 Å². The number of rotatable bonds is 70. The molecule has 0 aliphatic carbocycles. The van der Waals surface area contributed by atoms with Crippen LogP contribution in [-0.2, 0) is 14.3 Å². The van der Waals surface area contributed by atoms with Gasteiger partial charge in [-0.25, -0.2) is 0 Å². The lowest BCUT2D eigenvalue weighted by molar-refractivity contribution is -0.303. The number of unbranched alkanes of at least 4 members (excludes halogenated alkanes) is 56. The van der Waals surface area contributed by atoms with Crippen LogP contribution >= 0.6 is 0 Å². The van der Waals surface area contributed by atoms with Crippen molar-refractivity contribution in [1.82, 2.24) is 5.32 Å². The fourth-order valence-electron chi connectivity index (χ4n) is 13.1. The van der Waals surface area contributed by atoms with E-state index in [-0.39, 0.29) is 6.42 Å². The minimum atomic E-state index is -1.66. The van der Waals surface area contributed by atoms with Gasteiger partial charge < -0.3 is 50.5 Å². The van der Waals surface area contributed by atoms with Crippen molar-refractivity contribution in [2.75, 3.05) is 13.2 Å². The van der Waals surface area contributed by atoms with Crippen molar-refractivity contribution in [2.45, 2.75) is 461 Å². The van der Waals surface area contributed by atoms with E-state index in [0.29, 0.717) is 19.3 Å². The van der Waals surface area contributed by atoms with Gasteiger partial charge in [-0.15, -0.1) is 0 Å². The number of amides is 1. The maximum atomic E-state index is 13.3. The van der Waals surface area contributed by atoms with Gasteiger partial charge in [0, 0.05) is 0 Å². The summed E-state index contributed by atoms with van der Waals surface area (Å²) in [5, 5.41) is 76.7. The molecule has 0 saturated carbocycles. The number of hydrogen-bond donors (Lipinski definition) is 8. The van der Waals surface area contributed by atoms with Crippen LogP contribution < -0.4 is 5.32 Å². The van der Waals surface area contributed by atoms with E-state index in [1.165, 1.54) is 327 Å². The summed E-state index contributed by atoms with van der Waals surface area (Å²) < 4.78 is 11.2. The number of ether oxygens (including phenoxy) is 2. The largest absolute Gasteiger partial charge is 0.394 e. The predicted octanol–water partition coefficient (Wildman–Crippen LogP) is 19.8. The molecule has 1 saturated heterocycles. The second-order valence-electron chi connectivity index (χ2n) is 27.8. The SMILES string of the molecule is CCCCCCCCCCCCCC/C=C\CCCCCCCCCCCCCCCCC(O)C(=O)NC(COC1OC(CO)C(O)C(O)C1O)C(O)C(O)CCCCCCCCCCCCCCCCCCCCCCCCCCCCCCCCC. The molecule has 524 valence electrons. The summed E-state index contributed by atoms with van der Waals surface area (Å²) in [6.45, 7) is 3.54. The Hall–Kier alpha value is -1.15. The van der Waals surface area contributed by atoms with Gasteiger partial charge in [0.1, 0.15) is 36.6 Å². The van der Waals surface area contributed by atoms with Gasteiger partial charge in [-0.2, -0.15) is 0 Å². The van der Waals surface area contributed by atoms with E-state index in [4.69, 9.17) is 9.47 Å². The molecule has 11 heteroatoms. The number of allylic oxidation sites excluding steroid dienone is 2. The van der Waals surface area contributed by atoms with Crippen LogP contribution in [0.15, 0.2) is 12.2 Å². The monoisotopic (exact) mass is 1250 g/mol. The van der Waals surface area contributed by atoms with Crippen molar-refractivity contribution in [1.29, 1.82) is 0 Å². The first-order valence-electron chi connectivity index (χ1n) is 39.1. The Bertz CT molecular complexity index is 1440. The summed E-state index contributed by atoms with van der Waals surface area (Å²) in [5.41, 5.74) is 0. The number of hydrogen-bond acceptors (Lipinski definition) is 10. The smallest absolute Gasteiger partial charge is 0.249 e. The van der Waals surface area contributed by atoms with E-state index >= 15 is 0 Å². The highest BCUT2D eigenvalue weighted by molar-refractivity contribution is 5.80. The second-order valence-corrected chi connectivity index (χ2v) is 27.8. The Morgan fingerprint density at radius 2 is 0.659 bits per heavy atom. The van der Waals surface area contributed by atoms with Crippen LogP contribution in [0.3, 0.4) is 0 Å². The third kappa shape index (κ3) is 52.3. The first kappa shape index (κ1) is 84.9. The van der Waals surface area contributed by atoms with Gasteiger partial charge in [0.05, 0.1) is 25.4 Å². The van der Waals surface area contributed by atoms with Crippen LogP contribution in [0.4, 0.5) is 0 Å². The topological polar surface area (TPSA) is 189 Å². The number of nitrogens with one attached hydrogen (secondary N) is 1. The Labute approximate surface area is 544 Å². The Morgan fingerprint density at radius 1 is 0.386 bits per heavy atom. The maximum Gasteiger partial charge on any atom is 0.249 e. The van der Waals surface area contributed by atoms with E-state index in [1.54, 1.807) is 0 Å². The highest BCUT2D eigenvalue weighted by atomic mass is 16.7. The number of carbonyl (C=O) groups excluding carboxylic acids is 1. The molecule has 9 unspecified atom stereocenters. The van der Waals surface area contributed by atoms with E-state index in [1.807, 2.05) is 0 Å². The van der Waals surface area contributed by atoms with Crippen LogP contribution in [0.25, 0.3) is 0 Å². The van der Waals surface area contributed by atoms with Crippen LogP contribution in [-0.4, -0.2) is 110 Å². The maximum absolute atomic E-state index is 13.3. The number of aliphatic hydroxyl groups is 7. The van der Waals surface area contributed by atoms with Crippen LogP contribution in [0.1, 0.15) is 406 Å². The van der Waals surface area contributed by atoms with Gasteiger partial charge in [-0.1, -0.05) is 379 Å². The summed E-state index contributed by atoms with van der Waals surface area (Å²) >= 11 is 0. The Balaban J connectivity index is 2.14. The molecule has 1 aliphatic rings. The van der Waals surface area contributed by atoms with Gasteiger partial charge in [0.15, 0.2) is 6.29 Å². The molecule has 0 aromatic heterocycles. The quantitative estimate of drug-likeness (QED) is 0.0215. The Morgan fingerprint density at radius 3 is 0.955 bits per heavy atom. The number of aliphatic hydroxyl groups excluding tert-OH is 7. The molecule has 1 rings (SSSR count). The van der Waals surface area contributed by atoms with Gasteiger partial charge >= 0.3 is 0 Å². The predicted molar refractivity (Wildman–Crippen MR) is 372 cm³/mol. The van der Waals surface area contributed by atoms with Crippen LogP contribution in [0.2, 0.25) is 0 Å². The minimum Gasteiger partial charge on any atom is -0.394 e. The molecule has 8 N–H and O–H groups in total. The van der Waals surface area contributed by atoms with E-state index in [0.717, 1.165) is 38.5 Å². The fourth-order valence-corrected chi connectivity index (χ4v) is 13.1. The van der Waals surface area contributed by atoms with Crippen molar-refractivity contribution in [3.63, 3.8) is 0 Å². The van der Waals surface area contributed by atoms with Gasteiger partial charge in [0.25, 0.3) is 0 Å². The van der Waals surface area contributed by atoms with Gasteiger partial charge in [-0.05, 0) is 38.5 Å². The van der Waals surface area contributed by atoms with Crippen molar-refractivity contribution in [3.05, 3.63) is 12.2 Å². The molecule has 11 nitrogen and oxygen atoms in total. The molecule has 0 aromatic rings. The lowest BCUT2D eigenvalue weighted by atomic mass is 9.98.